The van der Waals surface area contributed by atoms with Crippen molar-refractivity contribution in [1.82, 2.24) is 48.3 Å². The smallest absolute Gasteiger partial charge is 0.377 e. The van der Waals surface area contributed by atoms with Crippen LogP contribution in [-0.4, -0.2) is 85.7 Å². The van der Waals surface area contributed by atoms with Crippen LogP contribution in [-0.2, 0) is 28.5 Å². The highest BCUT2D eigenvalue weighted by molar-refractivity contribution is 6.00. The van der Waals surface area contributed by atoms with Crippen molar-refractivity contribution in [3.05, 3.63) is 139 Å². The Morgan fingerprint density at radius 1 is 0.940 bits per heavy atom. The molecule has 1 spiro atoms. The summed E-state index contributed by atoms with van der Waals surface area (Å²) < 4.78 is 56.9. The molecule has 8 heterocycles. The molecule has 67 heavy (non-hydrogen) atoms. The molecule has 5 aromatic heterocycles. The van der Waals surface area contributed by atoms with Crippen molar-refractivity contribution in [2.75, 3.05) is 19.8 Å². The Morgan fingerprint density at radius 2 is 1.72 bits per heavy atom. The van der Waals surface area contributed by atoms with Gasteiger partial charge in [0.05, 0.1) is 65.1 Å². The zero-order chi connectivity index (χ0) is 45.8. The van der Waals surface area contributed by atoms with Crippen LogP contribution in [0.25, 0.3) is 39.0 Å². The number of halogens is 2. The van der Waals surface area contributed by atoms with Crippen molar-refractivity contribution in [1.29, 1.82) is 0 Å². The van der Waals surface area contributed by atoms with Gasteiger partial charge in [0.2, 0.25) is 0 Å². The molecule has 1 N–H and O–H groups in total. The third-order valence-electron chi connectivity index (χ3n) is 15.4. The van der Waals surface area contributed by atoms with E-state index in [1.165, 1.54) is 27.1 Å². The molecule has 3 aromatic carbocycles. The highest BCUT2D eigenvalue weighted by Gasteiger charge is 2.60. The molecular formula is C49H46F2N10O6. The average Bonchev–Trinajstić information content (AvgIpc) is 3.73. The van der Waals surface area contributed by atoms with Crippen LogP contribution in [0.5, 0.6) is 0 Å². The lowest BCUT2D eigenvalue weighted by Gasteiger charge is -2.45. The van der Waals surface area contributed by atoms with E-state index in [1.54, 1.807) is 60.7 Å². The van der Waals surface area contributed by atoms with Crippen LogP contribution in [0.2, 0.25) is 0 Å². The first-order valence-electron chi connectivity index (χ1n) is 22.9. The second kappa shape index (κ2) is 14.1. The lowest BCUT2D eigenvalue weighted by Crippen LogP contribution is -2.55. The molecular weight excluding hydrogens is 863 g/mol. The standard InChI is InChI=1S/C49H46F2N10O6/c1-25-15-31(16-26(2)41(25)50)61-43(58-13-12-57(47(58)64)37-8-7-36-33(42(37)51)22-52-56(36)4)40-34(54-61)19-32-23-65-24-39(40)59(32)44(62)38-18-30-17-28(29-9-14-66-48(21-29)10-11-48)5-6-35(30)60(38)49(20-27(49)3)45-53-46(63)67-55-45/h5-8,12-13,15-18,22,27,29,32,39H,9-11,14,19-21,23-24H2,1-4H3,(H,53,55,63)/t27-,29+,32-,39-,49-/m0/s1. The number of carbonyl (C=O) groups is 1. The molecule has 3 aliphatic heterocycles. The number of aromatic amines is 1. The molecule has 16 nitrogen and oxygen atoms in total. The number of fused-ring (bicyclic) bond motifs is 6. The van der Waals surface area contributed by atoms with E-state index in [1.807, 2.05) is 15.5 Å². The Kier molecular flexibility index (Phi) is 8.47. The molecule has 8 aromatic rings. The van der Waals surface area contributed by atoms with E-state index in [9.17, 15) is 9.59 Å². The average molecular weight is 909 g/mol. The summed E-state index contributed by atoms with van der Waals surface area (Å²) in [7, 11) is 1.72. The zero-order valence-electron chi connectivity index (χ0n) is 37.3. The summed E-state index contributed by atoms with van der Waals surface area (Å²) in [5.41, 5.74) is 4.08. The summed E-state index contributed by atoms with van der Waals surface area (Å²) in [6.07, 6.45) is 9.40. The number of benzene rings is 3. The van der Waals surface area contributed by atoms with Gasteiger partial charge in [-0.1, -0.05) is 18.1 Å². The minimum absolute atomic E-state index is 0.0110. The Labute approximate surface area is 380 Å². The van der Waals surface area contributed by atoms with Crippen molar-refractivity contribution in [3.8, 4) is 17.2 Å². The van der Waals surface area contributed by atoms with Gasteiger partial charge in [-0.3, -0.25) is 28.1 Å². The van der Waals surface area contributed by atoms with Crippen molar-refractivity contribution in [2.24, 2.45) is 13.0 Å². The van der Waals surface area contributed by atoms with E-state index in [-0.39, 0.29) is 54.0 Å². The van der Waals surface area contributed by atoms with Gasteiger partial charge in [-0.05, 0) is 117 Å². The lowest BCUT2D eigenvalue weighted by molar-refractivity contribution is -0.0441. The van der Waals surface area contributed by atoms with Crippen LogP contribution in [0.15, 0.2) is 81.2 Å². The Balaban J connectivity index is 0.979. The monoisotopic (exact) mass is 908 g/mol. The first-order valence-corrected chi connectivity index (χ1v) is 22.9. The number of H-pyrrole nitrogens is 1. The van der Waals surface area contributed by atoms with Gasteiger partial charge in [0.15, 0.2) is 11.6 Å². The van der Waals surface area contributed by atoms with Gasteiger partial charge in [-0.15, -0.1) is 0 Å². The van der Waals surface area contributed by atoms with E-state index in [2.05, 4.69) is 40.4 Å². The Bertz CT molecular complexity index is 3510. The molecule has 18 heteroatoms. The molecule has 5 atom stereocenters. The van der Waals surface area contributed by atoms with Gasteiger partial charge in [0.25, 0.3) is 5.91 Å². The molecule has 2 saturated heterocycles. The van der Waals surface area contributed by atoms with Gasteiger partial charge in [0, 0.05) is 48.9 Å². The molecule has 4 fully saturated rings. The number of nitrogens with zero attached hydrogens (tertiary/aromatic N) is 9. The van der Waals surface area contributed by atoms with Crippen molar-refractivity contribution < 1.29 is 27.6 Å². The fraction of sp³-hybridized carbons (Fsp3) is 0.388. The summed E-state index contributed by atoms with van der Waals surface area (Å²) in [5.74, 6) is -0.927. The number of aromatic nitrogens is 9. The first kappa shape index (κ1) is 40.4. The van der Waals surface area contributed by atoms with E-state index in [4.69, 9.17) is 19.1 Å². The number of hydrogen-bond donors (Lipinski definition) is 1. The number of nitrogens with one attached hydrogen (secondary N) is 1. The molecule has 13 rings (SSSR count). The van der Waals surface area contributed by atoms with Crippen LogP contribution in [0, 0.1) is 31.4 Å². The first-order chi connectivity index (χ1) is 32.3. The van der Waals surface area contributed by atoms with Gasteiger partial charge < -0.3 is 18.9 Å². The van der Waals surface area contributed by atoms with E-state index < -0.39 is 34.9 Å². The second-order valence-corrected chi connectivity index (χ2v) is 19.4. The number of ether oxygens (including phenoxy) is 2. The SMILES string of the molecule is Cc1cc(-n2nc3c(c2-n2ccn(-c4ccc5c(cnn5C)c4F)c2=O)[C@@H]2COC[C@H](C3)N2C(=O)c2cc3cc([C@@H]4CCOC5(CC5)C4)ccc3n2[C@@]2(c3noc(=O)[nH]3)C[C@@H]2C)cc(C)c1F. The molecule has 2 aliphatic carbocycles. The van der Waals surface area contributed by atoms with E-state index in [0.717, 1.165) is 36.6 Å². The highest BCUT2D eigenvalue weighted by atomic mass is 19.1. The van der Waals surface area contributed by atoms with Crippen LogP contribution in [0.4, 0.5) is 8.78 Å². The van der Waals surface area contributed by atoms with Crippen LogP contribution in [0.3, 0.4) is 0 Å². The lowest BCUT2D eigenvalue weighted by atomic mass is 9.87. The second-order valence-electron chi connectivity index (χ2n) is 19.4. The Morgan fingerprint density at radius 3 is 2.46 bits per heavy atom. The van der Waals surface area contributed by atoms with Gasteiger partial charge in [-0.25, -0.2) is 23.1 Å². The van der Waals surface area contributed by atoms with Crippen LogP contribution < -0.4 is 11.4 Å². The number of morpholine rings is 1. The number of aryl methyl sites for hydroxylation is 3. The Hall–Kier alpha value is -6.92. The number of amides is 1. The largest absolute Gasteiger partial charge is 0.438 e. The number of rotatable bonds is 7. The minimum Gasteiger partial charge on any atom is -0.377 e. The molecule has 2 saturated carbocycles. The maximum Gasteiger partial charge on any atom is 0.438 e. The fourth-order valence-corrected chi connectivity index (χ4v) is 11.7. The van der Waals surface area contributed by atoms with Crippen molar-refractivity contribution in [2.45, 2.75) is 88.4 Å². The summed E-state index contributed by atoms with van der Waals surface area (Å²) in [6, 6.07) is 13.8. The molecule has 5 aliphatic rings. The maximum atomic E-state index is 16.2. The van der Waals surface area contributed by atoms with Crippen LogP contribution >= 0.6 is 0 Å². The number of hydrogen-bond acceptors (Lipinski definition) is 9. The highest BCUT2D eigenvalue weighted by Crippen LogP contribution is 2.57. The van der Waals surface area contributed by atoms with Crippen LogP contribution in [0.1, 0.15) is 95.2 Å². The predicted octanol–water partition coefficient (Wildman–Crippen LogP) is 6.58. The maximum absolute atomic E-state index is 16.2. The third-order valence-corrected chi connectivity index (χ3v) is 15.4. The van der Waals surface area contributed by atoms with Gasteiger partial charge >= 0.3 is 11.4 Å². The predicted molar refractivity (Wildman–Crippen MR) is 239 cm³/mol. The summed E-state index contributed by atoms with van der Waals surface area (Å²) in [6.45, 7) is 6.45. The molecule has 1 amide bonds. The summed E-state index contributed by atoms with van der Waals surface area (Å²) >= 11 is 0. The van der Waals surface area contributed by atoms with Crippen molar-refractivity contribution >= 4 is 27.7 Å². The summed E-state index contributed by atoms with van der Waals surface area (Å²) in [4.78, 5) is 47.9. The molecule has 342 valence electrons. The molecule has 0 radical (unpaired) electrons. The molecule has 2 bridgehead atoms. The number of carbonyl (C=O) groups excluding carboxylic acids is 1. The van der Waals surface area contributed by atoms with E-state index in [0.29, 0.717) is 69.9 Å². The third kappa shape index (κ3) is 5.81. The van der Waals surface area contributed by atoms with Crippen molar-refractivity contribution in [3.63, 3.8) is 0 Å². The number of imidazole rings is 1. The van der Waals surface area contributed by atoms with Gasteiger partial charge in [0.1, 0.15) is 22.9 Å². The minimum atomic E-state index is -0.873. The van der Waals surface area contributed by atoms with E-state index >= 15 is 13.6 Å². The quantitative estimate of drug-likeness (QED) is 0.186. The molecule has 0 unspecified atom stereocenters. The summed E-state index contributed by atoms with van der Waals surface area (Å²) in [5, 5.41) is 14.7. The topological polar surface area (TPSA) is 165 Å². The van der Waals surface area contributed by atoms with Gasteiger partial charge in [-0.2, -0.15) is 10.2 Å². The zero-order valence-corrected chi connectivity index (χ0v) is 37.3. The fourth-order valence-electron chi connectivity index (χ4n) is 11.7. The normalized spacial score (nSPS) is 23.9.